The van der Waals surface area contributed by atoms with Gasteiger partial charge in [-0.25, -0.2) is 14.0 Å². The summed E-state index contributed by atoms with van der Waals surface area (Å²) < 4.78 is 18.2. The topological polar surface area (TPSA) is 75.6 Å². The second-order valence-electron chi connectivity index (χ2n) is 4.19. The van der Waals surface area contributed by atoms with Gasteiger partial charge in [-0.2, -0.15) is 0 Å². The van der Waals surface area contributed by atoms with Crippen LogP contribution < -0.4 is 5.32 Å². The monoisotopic (exact) mass is 289 g/mol. The molecule has 0 aromatic heterocycles. The van der Waals surface area contributed by atoms with Crippen LogP contribution in [0.5, 0.6) is 0 Å². The van der Waals surface area contributed by atoms with Gasteiger partial charge in [0.05, 0.1) is 5.56 Å². The number of amides is 1. The number of halogens is 1. The van der Waals surface area contributed by atoms with Crippen molar-refractivity contribution in [2.24, 2.45) is 0 Å². The molecule has 0 aliphatic rings. The highest BCUT2D eigenvalue weighted by Crippen LogP contribution is 2.15. The van der Waals surface area contributed by atoms with Gasteiger partial charge < -0.3 is 9.84 Å². The summed E-state index contributed by atoms with van der Waals surface area (Å²) in [7, 11) is 0. The number of aromatic carboxylic acids is 1. The molecule has 2 aromatic rings. The Morgan fingerprint density at radius 1 is 1.14 bits per heavy atom. The largest absolute Gasteiger partial charge is 0.478 e. The van der Waals surface area contributed by atoms with E-state index in [2.05, 4.69) is 5.32 Å². The van der Waals surface area contributed by atoms with Crippen molar-refractivity contribution in [2.45, 2.75) is 6.61 Å². The van der Waals surface area contributed by atoms with Crippen LogP contribution in [0.3, 0.4) is 0 Å². The van der Waals surface area contributed by atoms with E-state index in [0.29, 0.717) is 0 Å². The Morgan fingerprint density at radius 3 is 2.52 bits per heavy atom. The summed E-state index contributed by atoms with van der Waals surface area (Å²) in [6.45, 7) is 0.0830. The Balaban J connectivity index is 1.97. The van der Waals surface area contributed by atoms with Crippen LogP contribution in [0.1, 0.15) is 15.9 Å². The Bertz CT molecular complexity index is 658. The fourth-order valence-corrected chi connectivity index (χ4v) is 1.64. The van der Waals surface area contributed by atoms with E-state index in [-0.39, 0.29) is 12.3 Å². The van der Waals surface area contributed by atoms with E-state index in [1.165, 1.54) is 6.07 Å². The lowest BCUT2D eigenvalue weighted by atomic mass is 10.2. The number of rotatable bonds is 4. The molecule has 2 rings (SSSR count). The lowest BCUT2D eigenvalue weighted by Gasteiger charge is -2.08. The van der Waals surface area contributed by atoms with Crippen molar-refractivity contribution in [2.75, 3.05) is 5.32 Å². The summed E-state index contributed by atoms with van der Waals surface area (Å²) in [5.41, 5.74) is 0.445. The predicted octanol–water partition coefficient (Wildman–Crippen LogP) is 3.27. The SMILES string of the molecule is O=C(Nc1ccc(F)c(C(=O)O)c1)OCc1ccccc1. The molecular formula is C15H12FNO4. The molecule has 0 aliphatic carbocycles. The maximum atomic E-state index is 13.2. The van der Waals surface area contributed by atoms with E-state index in [4.69, 9.17) is 9.84 Å². The first-order valence-electron chi connectivity index (χ1n) is 6.07. The first-order valence-corrected chi connectivity index (χ1v) is 6.07. The van der Waals surface area contributed by atoms with Gasteiger partial charge in [0, 0.05) is 5.69 Å². The summed E-state index contributed by atoms with van der Waals surface area (Å²) >= 11 is 0. The van der Waals surface area contributed by atoms with E-state index in [9.17, 15) is 14.0 Å². The van der Waals surface area contributed by atoms with E-state index in [1.807, 2.05) is 18.2 Å². The Morgan fingerprint density at radius 2 is 1.86 bits per heavy atom. The highest BCUT2D eigenvalue weighted by molar-refractivity contribution is 5.91. The van der Waals surface area contributed by atoms with Crippen LogP contribution in [0.4, 0.5) is 14.9 Å². The lowest BCUT2D eigenvalue weighted by Crippen LogP contribution is -2.14. The maximum absolute atomic E-state index is 13.2. The molecule has 0 fully saturated rings. The third-order valence-corrected chi connectivity index (χ3v) is 2.66. The van der Waals surface area contributed by atoms with E-state index in [1.54, 1.807) is 12.1 Å². The van der Waals surface area contributed by atoms with Gasteiger partial charge in [-0.15, -0.1) is 0 Å². The van der Waals surface area contributed by atoms with Crippen molar-refractivity contribution >= 4 is 17.7 Å². The first-order chi connectivity index (χ1) is 10.1. The lowest BCUT2D eigenvalue weighted by molar-refractivity contribution is 0.0691. The molecule has 0 saturated heterocycles. The fraction of sp³-hybridized carbons (Fsp3) is 0.0667. The molecule has 1 amide bonds. The first kappa shape index (κ1) is 14.5. The number of anilines is 1. The molecule has 0 bridgehead atoms. The molecular weight excluding hydrogens is 277 g/mol. The van der Waals surface area contributed by atoms with Gasteiger partial charge in [0.25, 0.3) is 0 Å². The summed E-state index contributed by atoms with van der Waals surface area (Å²) in [6.07, 6.45) is -0.748. The van der Waals surface area contributed by atoms with Gasteiger partial charge in [0.2, 0.25) is 0 Å². The van der Waals surface area contributed by atoms with Crippen LogP contribution in [-0.2, 0) is 11.3 Å². The molecule has 0 aliphatic heterocycles. The van der Waals surface area contributed by atoms with E-state index < -0.39 is 23.4 Å². The van der Waals surface area contributed by atoms with Crippen LogP contribution in [0.2, 0.25) is 0 Å². The third kappa shape index (κ3) is 4.04. The highest BCUT2D eigenvalue weighted by Gasteiger charge is 2.12. The molecule has 6 heteroatoms. The number of hydrogen-bond donors (Lipinski definition) is 2. The number of nitrogens with one attached hydrogen (secondary N) is 1. The van der Waals surface area contributed by atoms with Gasteiger partial charge in [0.15, 0.2) is 0 Å². The number of carbonyl (C=O) groups is 2. The molecule has 108 valence electrons. The number of carboxylic acids is 1. The summed E-state index contributed by atoms with van der Waals surface area (Å²) in [4.78, 5) is 22.4. The van der Waals surface area contributed by atoms with Crippen LogP contribution in [0.15, 0.2) is 48.5 Å². The Kier molecular flexibility index (Phi) is 4.50. The minimum absolute atomic E-state index is 0.0830. The average Bonchev–Trinajstić information content (AvgIpc) is 2.48. The van der Waals surface area contributed by atoms with Gasteiger partial charge in [-0.3, -0.25) is 5.32 Å². The van der Waals surface area contributed by atoms with Gasteiger partial charge in [-0.1, -0.05) is 30.3 Å². The van der Waals surface area contributed by atoms with Crippen molar-refractivity contribution < 1.29 is 23.8 Å². The van der Waals surface area contributed by atoms with Crippen molar-refractivity contribution in [3.05, 3.63) is 65.5 Å². The number of ether oxygens (including phenoxy) is 1. The van der Waals surface area contributed by atoms with Crippen molar-refractivity contribution in [1.29, 1.82) is 0 Å². The van der Waals surface area contributed by atoms with Crippen LogP contribution in [0, 0.1) is 5.82 Å². The zero-order valence-electron chi connectivity index (χ0n) is 10.9. The number of carboxylic acid groups (broad SMARTS) is 1. The highest BCUT2D eigenvalue weighted by atomic mass is 19.1. The molecule has 21 heavy (non-hydrogen) atoms. The fourth-order valence-electron chi connectivity index (χ4n) is 1.64. The van der Waals surface area contributed by atoms with E-state index >= 15 is 0 Å². The summed E-state index contributed by atoms with van der Waals surface area (Å²) in [6, 6.07) is 12.3. The molecule has 5 nitrogen and oxygen atoms in total. The maximum Gasteiger partial charge on any atom is 0.411 e. The van der Waals surface area contributed by atoms with Crippen LogP contribution in [0.25, 0.3) is 0 Å². The second-order valence-corrected chi connectivity index (χ2v) is 4.19. The zero-order valence-corrected chi connectivity index (χ0v) is 10.9. The minimum atomic E-state index is -1.41. The summed E-state index contributed by atoms with van der Waals surface area (Å²) in [5.74, 6) is -2.28. The quantitative estimate of drug-likeness (QED) is 0.905. The van der Waals surface area contributed by atoms with E-state index in [0.717, 1.165) is 17.7 Å². The zero-order chi connectivity index (χ0) is 15.2. The number of benzene rings is 2. The van der Waals surface area contributed by atoms with Crippen molar-refractivity contribution in [3.63, 3.8) is 0 Å². The second kappa shape index (κ2) is 6.51. The summed E-state index contributed by atoms with van der Waals surface area (Å²) in [5, 5.41) is 11.1. The number of carbonyl (C=O) groups excluding carboxylic acids is 1. The number of hydrogen-bond acceptors (Lipinski definition) is 3. The molecule has 2 N–H and O–H groups in total. The molecule has 0 radical (unpaired) electrons. The Labute approximate surface area is 120 Å². The van der Waals surface area contributed by atoms with Gasteiger partial charge in [-0.05, 0) is 23.8 Å². The Hall–Kier alpha value is -2.89. The standard InChI is InChI=1S/C15H12FNO4/c16-13-7-6-11(8-12(13)14(18)19)17-15(20)21-9-10-4-2-1-3-5-10/h1-8H,9H2,(H,17,20)(H,18,19). The van der Waals surface area contributed by atoms with Gasteiger partial charge in [0.1, 0.15) is 12.4 Å². The molecule has 0 unspecified atom stereocenters. The molecule has 0 spiro atoms. The third-order valence-electron chi connectivity index (χ3n) is 2.66. The van der Waals surface area contributed by atoms with Gasteiger partial charge >= 0.3 is 12.1 Å². The van der Waals surface area contributed by atoms with Crippen LogP contribution in [-0.4, -0.2) is 17.2 Å². The smallest absolute Gasteiger partial charge is 0.411 e. The van der Waals surface area contributed by atoms with Crippen molar-refractivity contribution in [1.82, 2.24) is 0 Å². The minimum Gasteiger partial charge on any atom is -0.478 e. The molecule has 0 atom stereocenters. The van der Waals surface area contributed by atoms with Crippen LogP contribution >= 0.6 is 0 Å². The average molecular weight is 289 g/mol. The van der Waals surface area contributed by atoms with Crippen molar-refractivity contribution in [3.8, 4) is 0 Å². The molecule has 0 saturated carbocycles. The predicted molar refractivity (Wildman–Crippen MR) is 73.6 cm³/mol. The normalized spacial score (nSPS) is 9.95. The molecule has 0 heterocycles. The molecule has 2 aromatic carbocycles.